The van der Waals surface area contributed by atoms with Crippen LogP contribution < -0.4 is 15.4 Å². The molecule has 1 unspecified atom stereocenters. The molecule has 2 aromatic rings. The Morgan fingerprint density at radius 1 is 1.17 bits per heavy atom. The highest BCUT2D eigenvalue weighted by molar-refractivity contribution is 7.89. The zero-order valence-corrected chi connectivity index (χ0v) is 17.0. The molecule has 29 heavy (non-hydrogen) atoms. The molecule has 1 aliphatic carbocycles. The van der Waals surface area contributed by atoms with Crippen LogP contribution in [0.5, 0.6) is 0 Å². The number of rotatable bonds is 3. The van der Waals surface area contributed by atoms with Crippen molar-refractivity contribution in [2.75, 3.05) is 11.4 Å². The zero-order chi connectivity index (χ0) is 20.8. The summed E-state index contributed by atoms with van der Waals surface area (Å²) in [5.74, 6) is -0.390. The number of anilines is 1. The van der Waals surface area contributed by atoms with Crippen molar-refractivity contribution >= 4 is 27.5 Å². The minimum absolute atomic E-state index is 0.0429. The van der Waals surface area contributed by atoms with Crippen molar-refractivity contribution in [1.82, 2.24) is 5.32 Å². The summed E-state index contributed by atoms with van der Waals surface area (Å²) in [7, 11) is -3.91. The number of fused-ring (bicyclic) bond motifs is 2. The van der Waals surface area contributed by atoms with Crippen LogP contribution in [0.2, 0.25) is 0 Å². The molecule has 3 N–H and O–H groups in total. The van der Waals surface area contributed by atoms with Gasteiger partial charge < -0.3 is 10.2 Å². The molecule has 8 heteroatoms. The van der Waals surface area contributed by atoms with Gasteiger partial charge in [-0.1, -0.05) is 18.2 Å². The van der Waals surface area contributed by atoms with E-state index in [-0.39, 0.29) is 22.8 Å². The van der Waals surface area contributed by atoms with E-state index in [2.05, 4.69) is 5.32 Å². The standard InChI is InChI=1S/C21H23N3O4S/c1-13(25)24-10-9-18(17-6-2-3-8-19(17)24)23-21(26)15-11-14-5-4-7-16(14)20(12-15)29(22,27)28/h2-3,6,8,11-12,18H,4-5,7,9-10H2,1H3,(H,23,26)(H2,22,27,28). The van der Waals surface area contributed by atoms with Gasteiger partial charge in [-0.05, 0) is 60.6 Å². The van der Waals surface area contributed by atoms with Gasteiger partial charge in [0.2, 0.25) is 15.9 Å². The Morgan fingerprint density at radius 2 is 1.93 bits per heavy atom. The molecule has 0 radical (unpaired) electrons. The number of aryl methyl sites for hydroxylation is 1. The van der Waals surface area contributed by atoms with E-state index >= 15 is 0 Å². The second-order valence-electron chi connectivity index (χ2n) is 7.55. The molecule has 2 amide bonds. The number of carbonyl (C=O) groups excluding carboxylic acids is 2. The van der Waals surface area contributed by atoms with Crippen LogP contribution >= 0.6 is 0 Å². The number of hydrogen-bond donors (Lipinski definition) is 2. The van der Waals surface area contributed by atoms with Crippen LogP contribution in [-0.4, -0.2) is 26.8 Å². The molecule has 1 aliphatic heterocycles. The van der Waals surface area contributed by atoms with Crippen molar-refractivity contribution in [3.63, 3.8) is 0 Å². The first-order valence-corrected chi connectivity index (χ1v) is 11.2. The maximum Gasteiger partial charge on any atom is 0.251 e. The minimum Gasteiger partial charge on any atom is -0.345 e. The normalized spacial score (nSPS) is 18.1. The molecular weight excluding hydrogens is 390 g/mol. The molecule has 2 aliphatic rings. The summed E-state index contributed by atoms with van der Waals surface area (Å²) in [5.41, 5.74) is 3.55. The largest absolute Gasteiger partial charge is 0.345 e. The predicted octanol–water partition coefficient (Wildman–Crippen LogP) is 2.05. The van der Waals surface area contributed by atoms with Gasteiger partial charge in [0.25, 0.3) is 5.91 Å². The Kier molecular flexibility index (Phi) is 4.92. The average molecular weight is 413 g/mol. The smallest absolute Gasteiger partial charge is 0.251 e. The van der Waals surface area contributed by atoms with E-state index in [0.29, 0.717) is 24.9 Å². The van der Waals surface area contributed by atoms with E-state index in [1.165, 1.54) is 13.0 Å². The predicted molar refractivity (Wildman–Crippen MR) is 109 cm³/mol. The first-order valence-electron chi connectivity index (χ1n) is 9.62. The number of carbonyl (C=O) groups is 2. The van der Waals surface area contributed by atoms with Gasteiger partial charge in [0.15, 0.2) is 0 Å². The SMILES string of the molecule is CC(=O)N1CCC(NC(=O)c2cc3c(c(S(N)(=O)=O)c2)CCC3)c2ccccc21. The van der Waals surface area contributed by atoms with Gasteiger partial charge in [-0.25, -0.2) is 13.6 Å². The molecular formula is C21H23N3O4S. The third-order valence-corrected chi connectivity index (χ3v) is 6.65. The molecule has 2 aromatic carbocycles. The topological polar surface area (TPSA) is 110 Å². The van der Waals surface area contributed by atoms with Crippen LogP contribution in [0, 0.1) is 0 Å². The quantitative estimate of drug-likeness (QED) is 0.802. The van der Waals surface area contributed by atoms with Crippen LogP contribution in [0.15, 0.2) is 41.3 Å². The van der Waals surface area contributed by atoms with Crippen molar-refractivity contribution in [1.29, 1.82) is 0 Å². The summed E-state index contributed by atoms with van der Waals surface area (Å²) in [6, 6.07) is 10.4. The van der Waals surface area contributed by atoms with Crippen molar-refractivity contribution in [3.8, 4) is 0 Å². The van der Waals surface area contributed by atoms with E-state index in [9.17, 15) is 18.0 Å². The second-order valence-corrected chi connectivity index (χ2v) is 9.08. The van der Waals surface area contributed by atoms with E-state index in [0.717, 1.165) is 35.2 Å². The summed E-state index contributed by atoms with van der Waals surface area (Å²) in [6.07, 6.45) is 2.81. The number of para-hydroxylation sites is 1. The van der Waals surface area contributed by atoms with Crippen molar-refractivity contribution in [3.05, 3.63) is 58.7 Å². The first kappa shape index (κ1) is 19.6. The third-order valence-electron chi connectivity index (χ3n) is 5.67. The van der Waals surface area contributed by atoms with Crippen LogP contribution in [0.4, 0.5) is 5.69 Å². The number of benzene rings is 2. The van der Waals surface area contributed by atoms with Crippen molar-refractivity contribution < 1.29 is 18.0 Å². The fraction of sp³-hybridized carbons (Fsp3) is 0.333. The van der Waals surface area contributed by atoms with Crippen LogP contribution in [0.25, 0.3) is 0 Å². The Labute approximate surface area is 169 Å². The van der Waals surface area contributed by atoms with Crippen LogP contribution in [0.1, 0.15) is 52.9 Å². The minimum atomic E-state index is -3.91. The number of sulfonamides is 1. The maximum absolute atomic E-state index is 13.0. The van der Waals surface area contributed by atoms with E-state index in [1.807, 2.05) is 24.3 Å². The molecule has 4 rings (SSSR count). The highest BCUT2D eigenvalue weighted by Crippen LogP contribution is 2.34. The lowest BCUT2D eigenvalue weighted by atomic mass is 9.95. The van der Waals surface area contributed by atoms with Gasteiger partial charge in [-0.3, -0.25) is 9.59 Å². The summed E-state index contributed by atoms with van der Waals surface area (Å²) in [6.45, 7) is 2.03. The number of nitrogens with two attached hydrogens (primary N) is 1. The molecule has 0 saturated heterocycles. The summed E-state index contributed by atoms with van der Waals surface area (Å²) < 4.78 is 24.1. The Hall–Kier alpha value is -2.71. The Morgan fingerprint density at radius 3 is 2.66 bits per heavy atom. The van der Waals surface area contributed by atoms with E-state index < -0.39 is 10.0 Å². The lowest BCUT2D eigenvalue weighted by molar-refractivity contribution is -0.116. The number of hydrogen-bond acceptors (Lipinski definition) is 4. The summed E-state index contributed by atoms with van der Waals surface area (Å²) >= 11 is 0. The van der Waals surface area contributed by atoms with Gasteiger partial charge in [0.05, 0.1) is 10.9 Å². The fourth-order valence-electron chi connectivity index (χ4n) is 4.33. The molecule has 0 fully saturated rings. The highest BCUT2D eigenvalue weighted by atomic mass is 32.2. The van der Waals surface area contributed by atoms with E-state index in [1.54, 1.807) is 11.0 Å². The molecule has 1 atom stereocenters. The molecule has 7 nitrogen and oxygen atoms in total. The van der Waals surface area contributed by atoms with Gasteiger partial charge in [0.1, 0.15) is 0 Å². The van der Waals surface area contributed by atoms with Gasteiger partial charge in [-0.15, -0.1) is 0 Å². The molecule has 1 heterocycles. The maximum atomic E-state index is 13.0. The molecule has 0 bridgehead atoms. The first-order chi connectivity index (χ1) is 13.8. The monoisotopic (exact) mass is 413 g/mol. The van der Waals surface area contributed by atoms with Gasteiger partial charge in [0, 0.05) is 24.7 Å². The summed E-state index contributed by atoms with van der Waals surface area (Å²) in [5, 5.41) is 8.40. The zero-order valence-electron chi connectivity index (χ0n) is 16.1. The molecule has 0 saturated carbocycles. The summed E-state index contributed by atoms with van der Waals surface area (Å²) in [4.78, 5) is 26.7. The fourth-order valence-corrected chi connectivity index (χ4v) is 5.20. The third kappa shape index (κ3) is 3.65. The number of nitrogens with zero attached hydrogens (tertiary/aromatic N) is 1. The highest BCUT2D eigenvalue weighted by Gasteiger charge is 2.29. The molecule has 152 valence electrons. The molecule has 0 spiro atoms. The Bertz CT molecular complexity index is 1110. The van der Waals surface area contributed by atoms with Crippen molar-refractivity contribution in [2.45, 2.75) is 43.5 Å². The lowest BCUT2D eigenvalue weighted by Gasteiger charge is -2.34. The van der Waals surface area contributed by atoms with Crippen molar-refractivity contribution in [2.24, 2.45) is 5.14 Å². The number of amides is 2. The van der Waals surface area contributed by atoms with Gasteiger partial charge >= 0.3 is 0 Å². The van der Waals surface area contributed by atoms with Crippen LogP contribution in [-0.2, 0) is 27.7 Å². The van der Waals surface area contributed by atoms with Crippen LogP contribution in [0.3, 0.4) is 0 Å². The number of nitrogens with one attached hydrogen (secondary N) is 1. The second kappa shape index (κ2) is 7.27. The average Bonchev–Trinajstić information content (AvgIpc) is 3.14. The van der Waals surface area contributed by atoms with Gasteiger partial charge in [-0.2, -0.15) is 0 Å². The van der Waals surface area contributed by atoms with E-state index in [4.69, 9.17) is 5.14 Å². The Balaban J connectivity index is 1.66. The lowest BCUT2D eigenvalue weighted by Crippen LogP contribution is -2.40. The number of primary sulfonamides is 1. The molecule has 0 aromatic heterocycles.